The number of piperidine rings is 1. The molecule has 128 valence electrons. The van der Waals surface area contributed by atoms with Gasteiger partial charge >= 0.3 is 0 Å². The molecule has 1 aliphatic rings. The first kappa shape index (κ1) is 16.9. The minimum atomic E-state index is 0.0417. The van der Waals surface area contributed by atoms with E-state index in [-0.39, 0.29) is 11.9 Å². The Hall–Kier alpha value is -1.92. The number of benzene rings is 1. The van der Waals surface area contributed by atoms with Gasteiger partial charge in [0.15, 0.2) is 0 Å². The highest BCUT2D eigenvalue weighted by Gasteiger charge is 2.16. The largest absolute Gasteiger partial charge is 0.486 e. The molecular formula is C18H23N3O2S. The second-order valence-corrected chi connectivity index (χ2v) is 7.06. The smallest absolute Gasteiger partial charge is 0.226 e. The Morgan fingerprint density at radius 3 is 3.00 bits per heavy atom. The highest BCUT2D eigenvalue weighted by Crippen LogP contribution is 2.16. The fourth-order valence-corrected chi connectivity index (χ4v) is 3.40. The summed E-state index contributed by atoms with van der Waals surface area (Å²) in [7, 11) is 0. The number of carbonyl (C=O) groups is 1. The molecule has 0 spiro atoms. The molecule has 0 bridgehead atoms. The van der Waals surface area contributed by atoms with Crippen LogP contribution in [-0.2, 0) is 17.8 Å². The lowest BCUT2D eigenvalue weighted by Crippen LogP contribution is -2.46. The molecule has 3 rings (SSSR count). The lowest BCUT2D eigenvalue weighted by molar-refractivity contribution is -0.121. The zero-order chi connectivity index (χ0) is 16.8. The topological polar surface area (TPSA) is 63.2 Å². The third-order valence-electron chi connectivity index (χ3n) is 3.99. The van der Waals surface area contributed by atoms with E-state index in [1.165, 1.54) is 16.9 Å². The van der Waals surface area contributed by atoms with Gasteiger partial charge in [0.05, 0.1) is 12.1 Å². The Morgan fingerprint density at radius 2 is 2.25 bits per heavy atom. The van der Waals surface area contributed by atoms with Crippen molar-refractivity contribution in [2.45, 2.75) is 38.8 Å². The molecule has 2 aromatic rings. The highest BCUT2D eigenvalue weighted by molar-refractivity contribution is 7.09. The molecule has 2 heterocycles. The van der Waals surface area contributed by atoms with E-state index >= 15 is 0 Å². The number of aryl methyl sites for hydroxylation is 1. The average Bonchev–Trinajstić information content (AvgIpc) is 3.02. The van der Waals surface area contributed by atoms with E-state index in [4.69, 9.17) is 4.74 Å². The van der Waals surface area contributed by atoms with Crippen molar-refractivity contribution in [3.63, 3.8) is 0 Å². The van der Waals surface area contributed by atoms with Crippen LogP contribution in [0.15, 0.2) is 29.6 Å². The lowest BCUT2D eigenvalue weighted by Gasteiger charge is -2.23. The number of hydrogen-bond acceptors (Lipinski definition) is 5. The summed E-state index contributed by atoms with van der Waals surface area (Å²) in [6.07, 6.45) is 2.49. The Kier molecular flexibility index (Phi) is 5.82. The Labute approximate surface area is 146 Å². The molecule has 1 saturated heterocycles. The average molecular weight is 345 g/mol. The van der Waals surface area contributed by atoms with E-state index in [0.717, 1.165) is 42.4 Å². The number of rotatable bonds is 6. The van der Waals surface area contributed by atoms with Crippen LogP contribution in [0, 0.1) is 6.92 Å². The first-order chi connectivity index (χ1) is 11.7. The van der Waals surface area contributed by atoms with Crippen LogP contribution in [0.25, 0.3) is 0 Å². The van der Waals surface area contributed by atoms with Crippen molar-refractivity contribution in [3.8, 4) is 5.75 Å². The molecule has 1 unspecified atom stereocenters. The van der Waals surface area contributed by atoms with Gasteiger partial charge in [-0.2, -0.15) is 0 Å². The van der Waals surface area contributed by atoms with Crippen molar-refractivity contribution >= 4 is 17.2 Å². The number of hydrogen-bond donors (Lipinski definition) is 2. The van der Waals surface area contributed by atoms with E-state index in [1.807, 2.05) is 36.6 Å². The Bertz CT molecular complexity index is 663. The summed E-state index contributed by atoms with van der Waals surface area (Å²) in [5.41, 5.74) is 2.02. The van der Waals surface area contributed by atoms with Crippen LogP contribution in [0.1, 0.15) is 29.1 Å². The van der Waals surface area contributed by atoms with E-state index in [9.17, 15) is 4.79 Å². The van der Waals surface area contributed by atoms with Gasteiger partial charge in [-0.25, -0.2) is 4.98 Å². The number of amides is 1. The summed E-state index contributed by atoms with van der Waals surface area (Å²) in [5.74, 6) is 0.875. The monoisotopic (exact) mass is 345 g/mol. The zero-order valence-electron chi connectivity index (χ0n) is 13.9. The summed E-state index contributed by atoms with van der Waals surface area (Å²) < 4.78 is 5.73. The van der Waals surface area contributed by atoms with Gasteiger partial charge in [0, 0.05) is 18.0 Å². The third-order valence-corrected chi connectivity index (χ3v) is 4.86. The van der Waals surface area contributed by atoms with E-state index < -0.39 is 0 Å². The molecule has 1 fully saturated rings. The van der Waals surface area contributed by atoms with Gasteiger partial charge in [0.2, 0.25) is 5.91 Å². The van der Waals surface area contributed by atoms with Gasteiger partial charge in [-0.15, -0.1) is 11.3 Å². The summed E-state index contributed by atoms with van der Waals surface area (Å²) in [5, 5.41) is 9.19. The molecule has 5 nitrogen and oxygen atoms in total. The standard InChI is InChI=1S/C18H23N3O2S/c1-13-4-6-16(7-5-13)23-11-18-21-15(12-24-18)9-17(22)20-14-3-2-8-19-10-14/h4-7,12,14,19H,2-3,8-11H2,1H3,(H,20,22). The number of aromatic nitrogens is 1. The van der Waals surface area contributed by atoms with Gasteiger partial charge in [-0.1, -0.05) is 17.7 Å². The van der Waals surface area contributed by atoms with Crippen molar-refractivity contribution in [2.75, 3.05) is 13.1 Å². The van der Waals surface area contributed by atoms with Crippen LogP contribution in [0.3, 0.4) is 0 Å². The second-order valence-electron chi connectivity index (χ2n) is 6.12. The Balaban J connectivity index is 1.46. The fourth-order valence-electron chi connectivity index (χ4n) is 2.69. The number of ether oxygens (including phenoxy) is 1. The molecule has 2 N–H and O–H groups in total. The molecule has 6 heteroatoms. The summed E-state index contributed by atoms with van der Waals surface area (Å²) >= 11 is 1.53. The van der Waals surface area contributed by atoms with Crippen LogP contribution in [0.2, 0.25) is 0 Å². The molecule has 1 aromatic heterocycles. The third kappa shape index (κ3) is 5.04. The number of nitrogens with one attached hydrogen (secondary N) is 2. The maximum atomic E-state index is 12.1. The molecule has 24 heavy (non-hydrogen) atoms. The quantitative estimate of drug-likeness (QED) is 0.844. The van der Waals surface area contributed by atoms with Crippen molar-refractivity contribution in [2.24, 2.45) is 0 Å². The SMILES string of the molecule is Cc1ccc(OCc2nc(CC(=O)NC3CCCNC3)cs2)cc1. The van der Waals surface area contributed by atoms with E-state index in [1.54, 1.807) is 0 Å². The van der Waals surface area contributed by atoms with Crippen LogP contribution < -0.4 is 15.4 Å². The van der Waals surface area contributed by atoms with Gasteiger partial charge in [-0.05, 0) is 38.4 Å². The molecule has 0 saturated carbocycles. The zero-order valence-corrected chi connectivity index (χ0v) is 14.7. The van der Waals surface area contributed by atoms with Crippen LogP contribution in [0.5, 0.6) is 5.75 Å². The Morgan fingerprint density at radius 1 is 1.42 bits per heavy atom. The van der Waals surface area contributed by atoms with Crippen molar-refractivity contribution in [3.05, 3.63) is 45.9 Å². The van der Waals surface area contributed by atoms with Gasteiger partial charge in [0.25, 0.3) is 0 Å². The summed E-state index contributed by atoms with van der Waals surface area (Å²) in [6.45, 7) is 4.38. The minimum Gasteiger partial charge on any atom is -0.486 e. The van der Waals surface area contributed by atoms with E-state index in [2.05, 4.69) is 15.6 Å². The molecule has 1 aliphatic heterocycles. The van der Waals surface area contributed by atoms with Crippen molar-refractivity contribution in [1.29, 1.82) is 0 Å². The summed E-state index contributed by atoms with van der Waals surface area (Å²) in [4.78, 5) is 16.6. The van der Waals surface area contributed by atoms with Crippen LogP contribution in [0.4, 0.5) is 0 Å². The fraction of sp³-hybridized carbons (Fsp3) is 0.444. The minimum absolute atomic E-state index is 0.0417. The van der Waals surface area contributed by atoms with Gasteiger partial charge in [-0.3, -0.25) is 4.79 Å². The van der Waals surface area contributed by atoms with Gasteiger partial charge in [0.1, 0.15) is 17.4 Å². The predicted molar refractivity (Wildman–Crippen MR) is 95.4 cm³/mol. The first-order valence-corrected chi connectivity index (χ1v) is 9.20. The molecule has 1 amide bonds. The highest BCUT2D eigenvalue weighted by atomic mass is 32.1. The van der Waals surface area contributed by atoms with Crippen LogP contribution >= 0.6 is 11.3 Å². The van der Waals surface area contributed by atoms with Crippen LogP contribution in [-0.4, -0.2) is 30.0 Å². The molecule has 1 atom stereocenters. The first-order valence-electron chi connectivity index (χ1n) is 8.32. The molecule has 1 aromatic carbocycles. The van der Waals surface area contributed by atoms with Gasteiger partial charge < -0.3 is 15.4 Å². The summed E-state index contributed by atoms with van der Waals surface area (Å²) in [6, 6.07) is 8.19. The molecule has 0 radical (unpaired) electrons. The van der Waals surface area contributed by atoms with E-state index in [0.29, 0.717) is 13.0 Å². The van der Waals surface area contributed by atoms with Crippen molar-refractivity contribution in [1.82, 2.24) is 15.6 Å². The van der Waals surface area contributed by atoms with Crippen molar-refractivity contribution < 1.29 is 9.53 Å². The lowest BCUT2D eigenvalue weighted by atomic mass is 10.1. The normalized spacial score (nSPS) is 17.5. The molecule has 0 aliphatic carbocycles. The maximum absolute atomic E-state index is 12.1. The number of thiazole rings is 1. The number of nitrogens with zero attached hydrogens (tertiary/aromatic N) is 1. The number of carbonyl (C=O) groups excluding carboxylic acids is 1. The second kappa shape index (κ2) is 8.26. The molecular weight excluding hydrogens is 322 g/mol. The maximum Gasteiger partial charge on any atom is 0.226 e. The predicted octanol–water partition coefficient (Wildman–Crippen LogP) is 2.44.